The number of carboxylic acid groups (broad SMARTS) is 1. The van der Waals surface area contributed by atoms with Gasteiger partial charge in [-0.2, -0.15) is 0 Å². The van der Waals surface area contributed by atoms with Crippen LogP contribution in [0, 0.1) is 0 Å². The second kappa shape index (κ2) is 17.6. The molecule has 2 atom stereocenters. The average molecular weight is 360 g/mol. The lowest BCUT2D eigenvalue weighted by Crippen LogP contribution is -1.98. The minimum Gasteiger partial charge on any atom is -0.481 e. The van der Waals surface area contributed by atoms with E-state index in [0.717, 1.165) is 12.8 Å². The van der Waals surface area contributed by atoms with Crippen molar-refractivity contribution in [3.8, 4) is 0 Å². The average Bonchev–Trinajstić information content (AvgIpc) is 2.61. The number of carbonyl (C=O) groups is 1. The minimum atomic E-state index is -0.771. The monoisotopic (exact) mass is 360 g/mol. The second-order valence-electron chi connectivity index (χ2n) is 5.75. The molecule has 0 aliphatic rings. The second-order valence-corrected chi connectivity index (χ2v) is 5.75. The van der Waals surface area contributed by atoms with Crippen LogP contribution in [0.4, 0.5) is 0 Å². The fourth-order valence-electron chi connectivity index (χ4n) is 1.83. The molecule has 0 aromatic carbocycles. The van der Waals surface area contributed by atoms with Gasteiger partial charge in [0.1, 0.15) is 0 Å². The first-order valence-corrected chi connectivity index (χ1v) is 9.10. The maximum absolute atomic E-state index is 10.3. The number of hydrogen-bond donors (Lipinski definition) is 3. The Hall–Kier alpha value is -2.17. The summed E-state index contributed by atoms with van der Waals surface area (Å²) in [6, 6.07) is 0. The van der Waals surface area contributed by atoms with Gasteiger partial charge in [0.15, 0.2) is 0 Å². The van der Waals surface area contributed by atoms with Crippen LogP contribution in [0.5, 0.6) is 0 Å². The predicted molar refractivity (Wildman–Crippen MR) is 108 cm³/mol. The third kappa shape index (κ3) is 18.2. The molecule has 0 bridgehead atoms. The first-order chi connectivity index (χ1) is 12.6. The van der Waals surface area contributed by atoms with Gasteiger partial charge in [-0.1, -0.05) is 79.8 Å². The van der Waals surface area contributed by atoms with Gasteiger partial charge in [-0.15, -0.1) is 0 Å². The third-order valence-electron chi connectivity index (χ3n) is 3.36. The number of allylic oxidation sites excluding steroid dienone is 9. The Kier molecular flexibility index (Phi) is 16.2. The van der Waals surface area contributed by atoms with Gasteiger partial charge in [-0.3, -0.25) is 4.79 Å². The highest BCUT2D eigenvalue weighted by molar-refractivity contribution is 5.66. The van der Waals surface area contributed by atoms with Crippen LogP contribution in [0.2, 0.25) is 0 Å². The van der Waals surface area contributed by atoms with Crippen molar-refractivity contribution in [2.75, 3.05) is 0 Å². The molecule has 0 aromatic heterocycles. The lowest BCUT2D eigenvalue weighted by Gasteiger charge is -1.98. The lowest BCUT2D eigenvalue weighted by atomic mass is 10.2. The van der Waals surface area contributed by atoms with E-state index in [1.165, 1.54) is 0 Å². The molecule has 4 nitrogen and oxygen atoms in total. The van der Waals surface area contributed by atoms with Gasteiger partial charge in [-0.25, -0.2) is 0 Å². The van der Waals surface area contributed by atoms with Crippen molar-refractivity contribution in [1.29, 1.82) is 0 Å². The molecule has 0 radical (unpaired) electrons. The van der Waals surface area contributed by atoms with Crippen LogP contribution in [-0.2, 0) is 4.79 Å². The number of aliphatic hydroxyl groups excluding tert-OH is 2. The van der Waals surface area contributed by atoms with Crippen LogP contribution in [0.3, 0.4) is 0 Å². The van der Waals surface area contributed by atoms with Crippen molar-refractivity contribution in [2.45, 2.75) is 57.7 Å². The highest BCUT2D eigenvalue weighted by atomic mass is 16.4. The Morgan fingerprint density at radius 2 is 1.35 bits per heavy atom. The number of carboxylic acids is 1. The van der Waals surface area contributed by atoms with E-state index in [9.17, 15) is 15.0 Å². The highest BCUT2D eigenvalue weighted by Crippen LogP contribution is 1.99. The first-order valence-electron chi connectivity index (χ1n) is 9.10. The number of rotatable bonds is 14. The fourth-order valence-corrected chi connectivity index (χ4v) is 1.83. The summed E-state index contributed by atoms with van der Waals surface area (Å²) < 4.78 is 0. The topological polar surface area (TPSA) is 77.8 Å². The molecule has 0 heterocycles. The summed E-state index contributed by atoms with van der Waals surface area (Å²) in [6.45, 7) is 1.92. The molecule has 3 N–H and O–H groups in total. The predicted octanol–water partition coefficient (Wildman–Crippen LogP) is 4.49. The Bertz CT molecular complexity index is 524. The summed E-state index contributed by atoms with van der Waals surface area (Å²) in [6.07, 6.45) is 25.2. The smallest absolute Gasteiger partial charge is 0.303 e. The van der Waals surface area contributed by atoms with Gasteiger partial charge in [-0.05, 0) is 32.1 Å². The number of aliphatic carboxylic acids is 1. The molecule has 0 aromatic rings. The largest absolute Gasteiger partial charge is 0.481 e. The van der Waals surface area contributed by atoms with Crippen molar-refractivity contribution in [2.24, 2.45) is 0 Å². The fraction of sp³-hybridized carbons (Fsp3) is 0.409. The molecule has 0 aliphatic carbocycles. The lowest BCUT2D eigenvalue weighted by molar-refractivity contribution is -0.136. The van der Waals surface area contributed by atoms with Crippen molar-refractivity contribution in [3.63, 3.8) is 0 Å². The molecule has 0 saturated heterocycles. The van der Waals surface area contributed by atoms with E-state index in [-0.39, 0.29) is 6.42 Å². The van der Waals surface area contributed by atoms with Gasteiger partial charge < -0.3 is 15.3 Å². The van der Waals surface area contributed by atoms with Gasteiger partial charge in [0.2, 0.25) is 0 Å². The van der Waals surface area contributed by atoms with E-state index in [0.29, 0.717) is 19.3 Å². The van der Waals surface area contributed by atoms with E-state index in [1.54, 1.807) is 24.3 Å². The van der Waals surface area contributed by atoms with Crippen LogP contribution in [0.1, 0.15) is 45.4 Å². The molecule has 0 spiro atoms. The maximum Gasteiger partial charge on any atom is 0.303 e. The SMILES string of the molecule is CCC(O)/C=C/C=C\C=C\[C@@H](O)C/C=C\C/C=C\C/C=C\CCC(=O)O. The molecule has 0 saturated carbocycles. The molecule has 26 heavy (non-hydrogen) atoms. The Morgan fingerprint density at radius 1 is 0.808 bits per heavy atom. The highest BCUT2D eigenvalue weighted by Gasteiger charge is 1.93. The number of hydrogen-bond acceptors (Lipinski definition) is 3. The van der Waals surface area contributed by atoms with E-state index >= 15 is 0 Å². The van der Waals surface area contributed by atoms with Gasteiger partial charge in [0.05, 0.1) is 12.2 Å². The van der Waals surface area contributed by atoms with E-state index in [1.807, 2.05) is 55.5 Å². The van der Waals surface area contributed by atoms with Crippen molar-refractivity contribution in [3.05, 3.63) is 72.9 Å². The summed E-state index contributed by atoms with van der Waals surface area (Å²) >= 11 is 0. The van der Waals surface area contributed by atoms with Gasteiger partial charge in [0.25, 0.3) is 0 Å². The Labute approximate surface area is 157 Å². The van der Waals surface area contributed by atoms with Crippen molar-refractivity contribution >= 4 is 5.97 Å². The zero-order chi connectivity index (χ0) is 19.5. The molecule has 0 rings (SSSR count). The molecule has 0 amide bonds. The molecular weight excluding hydrogens is 328 g/mol. The van der Waals surface area contributed by atoms with Crippen LogP contribution in [-0.4, -0.2) is 33.5 Å². The summed E-state index contributed by atoms with van der Waals surface area (Å²) in [5.41, 5.74) is 0. The molecule has 1 unspecified atom stereocenters. The summed E-state index contributed by atoms with van der Waals surface area (Å²) in [7, 11) is 0. The van der Waals surface area contributed by atoms with Crippen LogP contribution in [0.15, 0.2) is 72.9 Å². The maximum atomic E-state index is 10.3. The van der Waals surface area contributed by atoms with E-state index in [4.69, 9.17) is 5.11 Å². The summed E-state index contributed by atoms with van der Waals surface area (Å²) in [5.74, 6) is -0.771. The van der Waals surface area contributed by atoms with Crippen molar-refractivity contribution in [1.82, 2.24) is 0 Å². The normalized spacial score (nSPS) is 15.5. The molecule has 0 aliphatic heterocycles. The standard InChI is InChI=1S/C22H32O4/c1-2-20(23)16-12-10-11-14-18-21(24)17-13-8-6-4-3-5-7-9-15-19-22(25)26/h3-4,7-14,16,18,20-21,23-24H,2,5-6,15,17,19H2,1H3,(H,25,26)/b4-3-,9-7-,11-10-,13-8-,16-12+,18-14+/t20?,21-/m0/s1. The van der Waals surface area contributed by atoms with Crippen molar-refractivity contribution < 1.29 is 20.1 Å². The first kappa shape index (κ1) is 23.8. The molecule has 144 valence electrons. The van der Waals surface area contributed by atoms with E-state index < -0.39 is 18.2 Å². The van der Waals surface area contributed by atoms with Crippen LogP contribution >= 0.6 is 0 Å². The molecule has 4 heteroatoms. The van der Waals surface area contributed by atoms with E-state index in [2.05, 4.69) is 0 Å². The van der Waals surface area contributed by atoms with Crippen LogP contribution < -0.4 is 0 Å². The Morgan fingerprint density at radius 3 is 1.92 bits per heavy atom. The third-order valence-corrected chi connectivity index (χ3v) is 3.36. The number of aliphatic hydroxyl groups is 2. The Balaban J connectivity index is 3.78. The minimum absolute atomic E-state index is 0.175. The molecular formula is C22H32O4. The van der Waals surface area contributed by atoms with Gasteiger partial charge in [0, 0.05) is 6.42 Å². The summed E-state index contributed by atoms with van der Waals surface area (Å²) in [4.78, 5) is 10.3. The summed E-state index contributed by atoms with van der Waals surface area (Å²) in [5, 5.41) is 27.6. The van der Waals surface area contributed by atoms with Gasteiger partial charge >= 0.3 is 5.97 Å². The zero-order valence-corrected chi connectivity index (χ0v) is 15.6. The quantitative estimate of drug-likeness (QED) is 0.315. The zero-order valence-electron chi connectivity index (χ0n) is 15.6. The molecule has 0 fully saturated rings. The van der Waals surface area contributed by atoms with Crippen LogP contribution in [0.25, 0.3) is 0 Å².